The van der Waals surface area contributed by atoms with Crippen LogP contribution in [0.3, 0.4) is 0 Å². The maximum absolute atomic E-state index is 13.6. The van der Waals surface area contributed by atoms with E-state index in [0.29, 0.717) is 23.1 Å². The molecule has 0 spiro atoms. The van der Waals surface area contributed by atoms with Gasteiger partial charge >= 0.3 is 0 Å². The zero-order chi connectivity index (χ0) is 22.9. The van der Waals surface area contributed by atoms with Gasteiger partial charge in [0.25, 0.3) is 0 Å². The van der Waals surface area contributed by atoms with Gasteiger partial charge in [-0.2, -0.15) is 0 Å². The molecule has 3 aromatic rings. The minimum absolute atomic E-state index is 0.0964. The van der Waals surface area contributed by atoms with E-state index in [1.807, 2.05) is 55.5 Å². The van der Waals surface area contributed by atoms with E-state index >= 15 is 0 Å². The molecule has 0 bridgehead atoms. The number of allylic oxidation sites excluding steroid dienone is 1. The first-order chi connectivity index (χ1) is 16.0. The Morgan fingerprint density at radius 3 is 2.36 bits per heavy atom. The molecular formula is C27H24Cl2N2O2. The largest absolute Gasteiger partial charge is 0.494 e. The molecule has 6 heteroatoms. The van der Waals surface area contributed by atoms with E-state index in [1.54, 1.807) is 6.07 Å². The fraction of sp³-hybridized carbons (Fsp3) is 0.222. The molecule has 2 N–H and O–H groups in total. The Hall–Kier alpha value is -2.95. The van der Waals surface area contributed by atoms with Gasteiger partial charge in [-0.15, -0.1) is 0 Å². The summed E-state index contributed by atoms with van der Waals surface area (Å²) in [4.78, 5) is 13.6. The topological polar surface area (TPSA) is 50.4 Å². The van der Waals surface area contributed by atoms with Crippen molar-refractivity contribution in [1.82, 2.24) is 0 Å². The first kappa shape index (κ1) is 21.9. The molecule has 0 fully saturated rings. The fourth-order valence-electron chi connectivity index (χ4n) is 4.67. The number of rotatable bonds is 4. The maximum atomic E-state index is 13.6. The number of halogens is 2. The van der Waals surface area contributed by atoms with E-state index in [1.165, 1.54) is 0 Å². The Bertz CT molecular complexity index is 1240. The van der Waals surface area contributed by atoms with E-state index in [2.05, 4.69) is 22.8 Å². The summed E-state index contributed by atoms with van der Waals surface area (Å²) in [6, 6.07) is 21.3. The molecule has 0 aromatic heterocycles. The predicted octanol–water partition coefficient (Wildman–Crippen LogP) is 7.37. The van der Waals surface area contributed by atoms with Crippen molar-refractivity contribution < 1.29 is 9.53 Å². The van der Waals surface area contributed by atoms with Crippen LogP contribution in [0.1, 0.15) is 42.9 Å². The van der Waals surface area contributed by atoms with Crippen LogP contribution in [0.4, 0.5) is 11.4 Å². The molecule has 0 saturated carbocycles. The van der Waals surface area contributed by atoms with Gasteiger partial charge < -0.3 is 15.4 Å². The van der Waals surface area contributed by atoms with Gasteiger partial charge in [0, 0.05) is 17.7 Å². The lowest BCUT2D eigenvalue weighted by Crippen LogP contribution is -2.26. The molecule has 1 heterocycles. The van der Waals surface area contributed by atoms with Crippen LogP contribution >= 0.6 is 23.2 Å². The quantitative estimate of drug-likeness (QED) is 0.410. The number of hydrogen-bond donors (Lipinski definition) is 2. The van der Waals surface area contributed by atoms with Crippen LogP contribution in [0, 0.1) is 0 Å². The first-order valence-corrected chi connectivity index (χ1v) is 11.9. The molecule has 1 aliphatic heterocycles. The van der Waals surface area contributed by atoms with Crippen molar-refractivity contribution in [2.24, 2.45) is 0 Å². The maximum Gasteiger partial charge on any atom is 0.163 e. The summed E-state index contributed by atoms with van der Waals surface area (Å²) in [6.07, 6.45) is 1.19. The molecule has 168 valence electrons. The number of fused-ring (bicyclic) bond motifs is 1. The SMILES string of the molecule is CCOc1ccc(C2CC(=O)C3=C(C2)Nc2ccccc2NC3c2ccc(Cl)c(Cl)c2)cc1. The normalized spacial score (nSPS) is 19.7. The molecule has 0 amide bonds. The molecule has 33 heavy (non-hydrogen) atoms. The van der Waals surface area contributed by atoms with Gasteiger partial charge in [-0.1, -0.05) is 53.5 Å². The number of anilines is 2. The zero-order valence-electron chi connectivity index (χ0n) is 18.2. The highest BCUT2D eigenvalue weighted by molar-refractivity contribution is 6.42. The third-order valence-electron chi connectivity index (χ3n) is 6.25. The van der Waals surface area contributed by atoms with Crippen molar-refractivity contribution in [2.45, 2.75) is 31.7 Å². The number of ether oxygens (including phenoxy) is 1. The van der Waals surface area contributed by atoms with E-state index in [0.717, 1.165) is 45.9 Å². The van der Waals surface area contributed by atoms with Crippen LogP contribution < -0.4 is 15.4 Å². The first-order valence-electron chi connectivity index (χ1n) is 11.1. The Kier molecular flexibility index (Phi) is 6.05. The third-order valence-corrected chi connectivity index (χ3v) is 6.99. The van der Waals surface area contributed by atoms with Gasteiger partial charge in [0.2, 0.25) is 0 Å². The summed E-state index contributed by atoms with van der Waals surface area (Å²) in [5.41, 5.74) is 5.63. The highest BCUT2D eigenvalue weighted by Gasteiger charge is 2.36. The van der Waals surface area contributed by atoms with Crippen LogP contribution in [0.15, 0.2) is 78.0 Å². The molecule has 1 aliphatic carbocycles. The predicted molar refractivity (Wildman–Crippen MR) is 135 cm³/mol. The summed E-state index contributed by atoms with van der Waals surface area (Å²) in [5.74, 6) is 1.06. The minimum atomic E-state index is -0.320. The average Bonchev–Trinajstić information content (AvgIpc) is 2.98. The molecule has 0 saturated heterocycles. The number of nitrogens with one attached hydrogen (secondary N) is 2. The van der Waals surface area contributed by atoms with E-state index < -0.39 is 0 Å². The Morgan fingerprint density at radius 2 is 1.64 bits per heavy atom. The monoisotopic (exact) mass is 478 g/mol. The van der Waals surface area contributed by atoms with Crippen molar-refractivity contribution in [1.29, 1.82) is 0 Å². The van der Waals surface area contributed by atoms with Crippen molar-refractivity contribution in [3.8, 4) is 5.75 Å². The Balaban J connectivity index is 1.55. The fourth-order valence-corrected chi connectivity index (χ4v) is 4.98. The van der Waals surface area contributed by atoms with E-state index in [-0.39, 0.29) is 17.7 Å². The number of ketones is 1. The van der Waals surface area contributed by atoms with Gasteiger partial charge in [0.05, 0.1) is 34.1 Å². The Morgan fingerprint density at radius 1 is 0.909 bits per heavy atom. The van der Waals surface area contributed by atoms with Crippen molar-refractivity contribution in [2.75, 3.05) is 17.2 Å². The smallest absolute Gasteiger partial charge is 0.163 e. The van der Waals surface area contributed by atoms with E-state index in [4.69, 9.17) is 27.9 Å². The standard InChI is InChI=1S/C27H24Cl2N2O2/c1-2-33-19-10-7-16(8-11-19)18-14-24-26(25(32)15-18)27(17-9-12-20(28)21(29)13-17)31-23-6-4-3-5-22(23)30-24/h3-13,18,27,30-31H,2,14-15H2,1H3. The number of para-hydroxylation sites is 2. The molecule has 5 rings (SSSR count). The summed E-state index contributed by atoms with van der Waals surface area (Å²) >= 11 is 12.5. The lowest BCUT2D eigenvalue weighted by molar-refractivity contribution is -0.116. The lowest BCUT2D eigenvalue weighted by Gasteiger charge is -2.30. The van der Waals surface area contributed by atoms with E-state index in [9.17, 15) is 4.79 Å². The number of carbonyl (C=O) groups is 1. The molecule has 3 aromatic carbocycles. The molecule has 2 aliphatic rings. The van der Waals surface area contributed by atoms with Crippen LogP contribution in [-0.2, 0) is 4.79 Å². The second-order valence-corrected chi connectivity index (χ2v) is 9.16. The van der Waals surface area contributed by atoms with Gasteiger partial charge in [-0.05, 0) is 66.8 Å². The number of hydrogen-bond acceptors (Lipinski definition) is 4. The second kappa shape index (κ2) is 9.12. The highest BCUT2D eigenvalue weighted by Crippen LogP contribution is 2.45. The molecule has 0 radical (unpaired) electrons. The number of benzene rings is 3. The second-order valence-electron chi connectivity index (χ2n) is 8.34. The summed E-state index contributed by atoms with van der Waals surface area (Å²) in [7, 11) is 0. The molecule has 2 unspecified atom stereocenters. The number of Topliss-reactive ketones (excluding diaryl/α,β-unsaturated/α-hetero) is 1. The highest BCUT2D eigenvalue weighted by atomic mass is 35.5. The van der Waals surface area contributed by atoms with Crippen molar-refractivity contribution in [3.63, 3.8) is 0 Å². The Labute approximate surface area is 203 Å². The average molecular weight is 479 g/mol. The van der Waals surface area contributed by atoms with Crippen LogP contribution in [0.2, 0.25) is 10.0 Å². The van der Waals surface area contributed by atoms with Gasteiger partial charge in [-0.25, -0.2) is 0 Å². The summed E-state index contributed by atoms with van der Waals surface area (Å²) in [6.45, 7) is 2.60. The van der Waals surface area contributed by atoms with Gasteiger partial charge in [0.15, 0.2) is 5.78 Å². The molecule has 4 nitrogen and oxygen atoms in total. The van der Waals surface area contributed by atoms with Gasteiger partial charge in [-0.3, -0.25) is 4.79 Å². The molecule has 2 atom stereocenters. The third kappa shape index (κ3) is 4.33. The lowest BCUT2D eigenvalue weighted by atomic mass is 9.78. The summed E-state index contributed by atoms with van der Waals surface area (Å²) < 4.78 is 5.57. The number of carbonyl (C=O) groups excluding carboxylic acids is 1. The van der Waals surface area contributed by atoms with Crippen LogP contribution in [-0.4, -0.2) is 12.4 Å². The van der Waals surface area contributed by atoms with Crippen molar-refractivity contribution in [3.05, 3.63) is 99.2 Å². The zero-order valence-corrected chi connectivity index (χ0v) is 19.7. The van der Waals surface area contributed by atoms with Gasteiger partial charge in [0.1, 0.15) is 5.75 Å². The molecular weight excluding hydrogens is 455 g/mol. The minimum Gasteiger partial charge on any atom is -0.494 e. The van der Waals surface area contributed by atoms with Crippen molar-refractivity contribution >= 4 is 40.4 Å². The van der Waals surface area contributed by atoms with Crippen LogP contribution in [0.25, 0.3) is 0 Å². The summed E-state index contributed by atoms with van der Waals surface area (Å²) in [5, 5.41) is 8.09. The van der Waals surface area contributed by atoms with Crippen LogP contribution in [0.5, 0.6) is 5.75 Å².